The molecule has 1 aromatic heterocycles. The normalized spacial score (nSPS) is 17.8. The monoisotopic (exact) mass is 354 g/mol. The van der Waals surface area contributed by atoms with Crippen molar-refractivity contribution >= 4 is 17.4 Å². The molecule has 1 aliphatic rings. The SMILES string of the molecule is Cc1ncsc1C(C)NCCN1CCN(C(=O)OC(C)(C)C)CC1. The van der Waals surface area contributed by atoms with E-state index in [2.05, 4.69) is 29.0 Å². The lowest BCUT2D eigenvalue weighted by Crippen LogP contribution is -2.51. The van der Waals surface area contributed by atoms with E-state index in [1.807, 2.05) is 26.3 Å². The number of carbonyl (C=O) groups excluding carboxylic acids is 1. The van der Waals surface area contributed by atoms with Crippen LogP contribution in [0.1, 0.15) is 44.3 Å². The molecule has 1 unspecified atom stereocenters. The van der Waals surface area contributed by atoms with Gasteiger partial charge in [0, 0.05) is 50.2 Å². The summed E-state index contributed by atoms with van der Waals surface area (Å²) in [5.41, 5.74) is 2.59. The highest BCUT2D eigenvalue weighted by atomic mass is 32.1. The Hall–Kier alpha value is -1.18. The Kier molecular flexibility index (Phi) is 6.60. The lowest BCUT2D eigenvalue weighted by Gasteiger charge is -2.35. The number of nitrogens with one attached hydrogen (secondary N) is 1. The molecule has 0 spiro atoms. The van der Waals surface area contributed by atoms with E-state index in [0.29, 0.717) is 6.04 Å². The van der Waals surface area contributed by atoms with Crippen molar-refractivity contribution in [2.24, 2.45) is 0 Å². The molecule has 0 bridgehead atoms. The first-order valence-corrected chi connectivity index (χ1v) is 9.48. The van der Waals surface area contributed by atoms with Gasteiger partial charge in [0.25, 0.3) is 0 Å². The topological polar surface area (TPSA) is 57.7 Å². The van der Waals surface area contributed by atoms with Crippen LogP contribution in [0.2, 0.25) is 0 Å². The second-order valence-electron chi connectivity index (χ2n) is 7.29. The number of hydrogen-bond donors (Lipinski definition) is 1. The minimum absolute atomic E-state index is 0.199. The number of piperazine rings is 1. The number of carbonyl (C=O) groups is 1. The van der Waals surface area contributed by atoms with Gasteiger partial charge in [0.05, 0.1) is 11.2 Å². The number of thiazole rings is 1. The van der Waals surface area contributed by atoms with E-state index in [-0.39, 0.29) is 6.09 Å². The van der Waals surface area contributed by atoms with E-state index in [0.717, 1.165) is 45.0 Å². The van der Waals surface area contributed by atoms with E-state index in [4.69, 9.17) is 4.74 Å². The number of nitrogens with zero attached hydrogens (tertiary/aromatic N) is 3. The molecule has 1 amide bonds. The molecule has 1 atom stereocenters. The average Bonchev–Trinajstić information content (AvgIpc) is 2.92. The zero-order valence-corrected chi connectivity index (χ0v) is 16.3. The van der Waals surface area contributed by atoms with Gasteiger partial charge in [-0.2, -0.15) is 0 Å². The summed E-state index contributed by atoms with van der Waals surface area (Å²) in [6.07, 6.45) is -0.199. The van der Waals surface area contributed by atoms with Crippen LogP contribution in [0, 0.1) is 6.92 Å². The standard InChI is InChI=1S/C17H30N4O2S/c1-13(15-14(2)19-12-24-15)18-6-7-20-8-10-21(11-9-20)16(22)23-17(3,4)5/h12-13,18H,6-11H2,1-5H3. The quantitative estimate of drug-likeness (QED) is 0.881. The molecule has 1 saturated heterocycles. The predicted octanol–water partition coefficient (Wildman–Crippen LogP) is 2.65. The van der Waals surface area contributed by atoms with Gasteiger partial charge in [0.15, 0.2) is 0 Å². The summed E-state index contributed by atoms with van der Waals surface area (Å²) in [6, 6.07) is 0.334. The van der Waals surface area contributed by atoms with Crippen molar-refractivity contribution in [3.63, 3.8) is 0 Å². The Morgan fingerprint density at radius 3 is 2.58 bits per heavy atom. The van der Waals surface area contributed by atoms with E-state index >= 15 is 0 Å². The molecular weight excluding hydrogens is 324 g/mol. The zero-order chi connectivity index (χ0) is 17.7. The van der Waals surface area contributed by atoms with Crippen LogP contribution in [0.4, 0.5) is 4.79 Å². The maximum Gasteiger partial charge on any atom is 0.410 e. The van der Waals surface area contributed by atoms with Crippen LogP contribution < -0.4 is 5.32 Å². The van der Waals surface area contributed by atoms with Gasteiger partial charge < -0.3 is 15.0 Å². The summed E-state index contributed by atoms with van der Waals surface area (Å²) in [4.78, 5) is 21.9. The van der Waals surface area contributed by atoms with Crippen LogP contribution in [-0.4, -0.2) is 65.7 Å². The molecule has 0 aliphatic carbocycles. The Labute approximate surface area is 149 Å². The van der Waals surface area contributed by atoms with Crippen LogP contribution in [0.5, 0.6) is 0 Å². The van der Waals surface area contributed by atoms with Crippen molar-refractivity contribution in [2.75, 3.05) is 39.3 Å². The number of aryl methyl sites for hydroxylation is 1. The maximum absolute atomic E-state index is 12.1. The van der Waals surface area contributed by atoms with Gasteiger partial charge in [-0.15, -0.1) is 11.3 Å². The van der Waals surface area contributed by atoms with Crippen LogP contribution in [0.15, 0.2) is 5.51 Å². The summed E-state index contributed by atoms with van der Waals surface area (Å²) in [5, 5.41) is 3.56. The van der Waals surface area contributed by atoms with Gasteiger partial charge >= 0.3 is 6.09 Å². The van der Waals surface area contributed by atoms with Crippen LogP contribution in [0.25, 0.3) is 0 Å². The van der Waals surface area contributed by atoms with Crippen molar-refractivity contribution in [2.45, 2.75) is 46.3 Å². The average molecular weight is 355 g/mol. The molecule has 1 N–H and O–H groups in total. The van der Waals surface area contributed by atoms with E-state index in [1.54, 1.807) is 16.2 Å². The van der Waals surface area contributed by atoms with Crippen LogP contribution in [-0.2, 0) is 4.74 Å². The molecule has 7 heteroatoms. The number of rotatable bonds is 5. The fraction of sp³-hybridized carbons (Fsp3) is 0.765. The summed E-state index contributed by atoms with van der Waals surface area (Å²) in [7, 11) is 0. The third-order valence-electron chi connectivity index (χ3n) is 4.08. The molecule has 1 aliphatic heterocycles. The summed E-state index contributed by atoms with van der Waals surface area (Å²) < 4.78 is 5.43. The Bertz CT molecular complexity index is 533. The number of hydrogen-bond acceptors (Lipinski definition) is 6. The van der Waals surface area contributed by atoms with Gasteiger partial charge in [0.2, 0.25) is 0 Å². The fourth-order valence-electron chi connectivity index (χ4n) is 2.74. The first kappa shape index (κ1) is 19.1. The lowest BCUT2D eigenvalue weighted by molar-refractivity contribution is 0.0146. The summed E-state index contributed by atoms with van der Waals surface area (Å²) in [5.74, 6) is 0. The highest BCUT2D eigenvalue weighted by Crippen LogP contribution is 2.20. The fourth-order valence-corrected chi connectivity index (χ4v) is 3.57. The highest BCUT2D eigenvalue weighted by molar-refractivity contribution is 7.09. The highest BCUT2D eigenvalue weighted by Gasteiger charge is 2.25. The van der Waals surface area contributed by atoms with Crippen molar-refractivity contribution in [1.82, 2.24) is 20.1 Å². The minimum Gasteiger partial charge on any atom is -0.444 e. The Morgan fingerprint density at radius 2 is 2.04 bits per heavy atom. The molecule has 1 aromatic rings. The van der Waals surface area contributed by atoms with Gasteiger partial charge in [0.1, 0.15) is 5.60 Å². The first-order valence-electron chi connectivity index (χ1n) is 8.60. The zero-order valence-electron chi connectivity index (χ0n) is 15.5. The predicted molar refractivity (Wildman–Crippen MR) is 97.5 cm³/mol. The number of aromatic nitrogens is 1. The second-order valence-corrected chi connectivity index (χ2v) is 8.17. The molecule has 2 heterocycles. The molecule has 1 fully saturated rings. The van der Waals surface area contributed by atoms with Gasteiger partial charge in [-0.25, -0.2) is 9.78 Å². The number of ether oxygens (including phenoxy) is 1. The molecule has 0 aromatic carbocycles. The van der Waals surface area contributed by atoms with Crippen molar-refractivity contribution < 1.29 is 9.53 Å². The van der Waals surface area contributed by atoms with E-state index < -0.39 is 5.60 Å². The van der Waals surface area contributed by atoms with Gasteiger partial charge in [-0.3, -0.25) is 4.90 Å². The third-order valence-corrected chi connectivity index (χ3v) is 5.19. The van der Waals surface area contributed by atoms with Crippen molar-refractivity contribution in [3.05, 3.63) is 16.1 Å². The molecule has 2 rings (SSSR count). The van der Waals surface area contributed by atoms with E-state index in [1.165, 1.54) is 4.88 Å². The van der Waals surface area contributed by atoms with Crippen molar-refractivity contribution in [3.8, 4) is 0 Å². The van der Waals surface area contributed by atoms with Gasteiger partial charge in [-0.05, 0) is 34.6 Å². The maximum atomic E-state index is 12.1. The largest absolute Gasteiger partial charge is 0.444 e. The van der Waals surface area contributed by atoms with E-state index in [9.17, 15) is 4.79 Å². The number of amides is 1. The summed E-state index contributed by atoms with van der Waals surface area (Å²) in [6.45, 7) is 15.1. The van der Waals surface area contributed by atoms with Crippen LogP contribution >= 0.6 is 11.3 Å². The molecule has 6 nitrogen and oxygen atoms in total. The molecular formula is C17H30N4O2S. The molecule has 0 saturated carbocycles. The molecule has 136 valence electrons. The molecule has 24 heavy (non-hydrogen) atoms. The summed E-state index contributed by atoms with van der Waals surface area (Å²) >= 11 is 1.71. The first-order chi connectivity index (χ1) is 11.3. The Morgan fingerprint density at radius 1 is 1.38 bits per heavy atom. The van der Waals surface area contributed by atoms with Gasteiger partial charge in [-0.1, -0.05) is 0 Å². The smallest absolute Gasteiger partial charge is 0.410 e. The minimum atomic E-state index is -0.428. The second kappa shape index (κ2) is 8.27. The Balaban J connectivity index is 1.66. The molecule has 0 radical (unpaired) electrons. The van der Waals surface area contributed by atoms with Crippen LogP contribution in [0.3, 0.4) is 0 Å². The lowest BCUT2D eigenvalue weighted by atomic mass is 10.2. The van der Waals surface area contributed by atoms with Crippen molar-refractivity contribution in [1.29, 1.82) is 0 Å². The third kappa shape index (κ3) is 5.72.